The SMILES string of the molecule is Cc1ccc(NC(=O)CN2CCNCC2c2nccn2C)c(C)c1. The Labute approximate surface area is 142 Å². The number of aromatic nitrogens is 2. The second kappa shape index (κ2) is 7.15. The molecule has 1 aromatic carbocycles. The van der Waals surface area contributed by atoms with E-state index < -0.39 is 0 Å². The van der Waals surface area contributed by atoms with Crippen LogP contribution in [-0.4, -0.2) is 46.5 Å². The lowest BCUT2D eigenvalue weighted by molar-refractivity contribution is -0.118. The molecule has 3 rings (SSSR count). The van der Waals surface area contributed by atoms with Crippen LogP contribution < -0.4 is 10.6 Å². The van der Waals surface area contributed by atoms with Gasteiger partial charge in [0.15, 0.2) is 0 Å². The van der Waals surface area contributed by atoms with E-state index in [1.807, 2.05) is 36.9 Å². The van der Waals surface area contributed by atoms with E-state index in [0.717, 1.165) is 36.7 Å². The number of piperazine rings is 1. The summed E-state index contributed by atoms with van der Waals surface area (Å²) in [6.07, 6.45) is 3.75. The predicted octanol–water partition coefficient (Wildman–Crippen LogP) is 1.62. The maximum absolute atomic E-state index is 12.5. The first-order chi connectivity index (χ1) is 11.5. The molecular weight excluding hydrogens is 302 g/mol. The van der Waals surface area contributed by atoms with Crippen molar-refractivity contribution in [3.8, 4) is 0 Å². The van der Waals surface area contributed by atoms with Crippen molar-refractivity contribution < 1.29 is 4.79 Å². The van der Waals surface area contributed by atoms with Crippen molar-refractivity contribution in [3.63, 3.8) is 0 Å². The molecule has 0 spiro atoms. The summed E-state index contributed by atoms with van der Waals surface area (Å²) in [6.45, 7) is 6.96. The van der Waals surface area contributed by atoms with Crippen LogP contribution in [0.4, 0.5) is 5.69 Å². The van der Waals surface area contributed by atoms with Gasteiger partial charge < -0.3 is 15.2 Å². The monoisotopic (exact) mass is 327 g/mol. The van der Waals surface area contributed by atoms with Crippen LogP contribution in [0.1, 0.15) is 23.0 Å². The normalized spacial score (nSPS) is 18.5. The summed E-state index contributed by atoms with van der Waals surface area (Å²) < 4.78 is 2.02. The summed E-state index contributed by atoms with van der Waals surface area (Å²) in [7, 11) is 1.99. The Hall–Kier alpha value is -2.18. The number of nitrogens with zero attached hydrogens (tertiary/aromatic N) is 3. The molecule has 6 nitrogen and oxygen atoms in total. The fourth-order valence-electron chi connectivity index (χ4n) is 3.22. The lowest BCUT2D eigenvalue weighted by Crippen LogP contribution is -2.49. The van der Waals surface area contributed by atoms with Crippen molar-refractivity contribution in [3.05, 3.63) is 47.5 Å². The maximum Gasteiger partial charge on any atom is 0.238 e. The van der Waals surface area contributed by atoms with Gasteiger partial charge >= 0.3 is 0 Å². The number of rotatable bonds is 4. The quantitative estimate of drug-likeness (QED) is 0.896. The predicted molar refractivity (Wildman–Crippen MR) is 94.9 cm³/mol. The molecule has 24 heavy (non-hydrogen) atoms. The molecule has 1 fully saturated rings. The highest BCUT2D eigenvalue weighted by atomic mass is 16.2. The van der Waals surface area contributed by atoms with Crippen LogP contribution in [0.3, 0.4) is 0 Å². The molecule has 1 amide bonds. The van der Waals surface area contributed by atoms with Crippen LogP contribution in [0.25, 0.3) is 0 Å². The fourth-order valence-corrected chi connectivity index (χ4v) is 3.22. The molecule has 0 aliphatic carbocycles. The average molecular weight is 327 g/mol. The molecule has 2 aromatic rings. The van der Waals surface area contributed by atoms with Gasteiger partial charge in [-0.2, -0.15) is 0 Å². The lowest BCUT2D eigenvalue weighted by Gasteiger charge is -2.35. The Kier molecular flexibility index (Phi) is 4.97. The molecule has 1 unspecified atom stereocenters. The van der Waals surface area contributed by atoms with Crippen molar-refractivity contribution in [1.82, 2.24) is 19.8 Å². The smallest absolute Gasteiger partial charge is 0.238 e. The first-order valence-corrected chi connectivity index (χ1v) is 8.33. The summed E-state index contributed by atoms with van der Waals surface area (Å²) in [5.74, 6) is 1.00. The Morgan fingerprint density at radius 1 is 1.42 bits per heavy atom. The van der Waals surface area contributed by atoms with Crippen LogP contribution in [-0.2, 0) is 11.8 Å². The molecule has 1 atom stereocenters. The summed E-state index contributed by atoms with van der Waals surface area (Å²) in [4.78, 5) is 19.2. The average Bonchev–Trinajstić information content (AvgIpc) is 2.97. The highest BCUT2D eigenvalue weighted by Gasteiger charge is 2.28. The van der Waals surface area contributed by atoms with Gasteiger partial charge in [-0.3, -0.25) is 9.69 Å². The number of anilines is 1. The Bertz CT molecular complexity index is 724. The summed E-state index contributed by atoms with van der Waals surface area (Å²) >= 11 is 0. The second-order valence-corrected chi connectivity index (χ2v) is 6.45. The van der Waals surface area contributed by atoms with Crippen molar-refractivity contribution in [2.45, 2.75) is 19.9 Å². The largest absolute Gasteiger partial charge is 0.337 e. The number of aryl methyl sites for hydroxylation is 3. The molecule has 128 valence electrons. The molecular formula is C18H25N5O. The van der Waals surface area contributed by atoms with E-state index in [4.69, 9.17) is 0 Å². The molecule has 0 saturated carbocycles. The third-order valence-electron chi connectivity index (χ3n) is 4.51. The molecule has 1 saturated heterocycles. The van der Waals surface area contributed by atoms with E-state index in [1.54, 1.807) is 6.20 Å². The van der Waals surface area contributed by atoms with E-state index in [1.165, 1.54) is 5.56 Å². The third-order valence-corrected chi connectivity index (χ3v) is 4.51. The van der Waals surface area contributed by atoms with Gasteiger partial charge in [-0.25, -0.2) is 4.98 Å². The fraction of sp³-hybridized carbons (Fsp3) is 0.444. The third kappa shape index (κ3) is 3.66. The molecule has 0 radical (unpaired) electrons. The lowest BCUT2D eigenvalue weighted by atomic mass is 10.1. The van der Waals surface area contributed by atoms with E-state index in [2.05, 4.69) is 33.5 Å². The number of nitrogens with one attached hydrogen (secondary N) is 2. The van der Waals surface area contributed by atoms with Crippen LogP contribution in [0, 0.1) is 13.8 Å². The Morgan fingerprint density at radius 2 is 2.25 bits per heavy atom. The summed E-state index contributed by atoms with van der Waals surface area (Å²) in [6, 6.07) is 6.18. The maximum atomic E-state index is 12.5. The molecule has 1 aliphatic heterocycles. The minimum Gasteiger partial charge on any atom is -0.337 e. The van der Waals surface area contributed by atoms with Gasteiger partial charge in [0, 0.05) is 44.8 Å². The Balaban J connectivity index is 1.69. The van der Waals surface area contributed by atoms with Gasteiger partial charge in [-0.05, 0) is 25.5 Å². The molecule has 1 aromatic heterocycles. The zero-order valence-corrected chi connectivity index (χ0v) is 14.5. The number of amides is 1. The first kappa shape index (κ1) is 16.7. The van der Waals surface area contributed by atoms with E-state index in [-0.39, 0.29) is 11.9 Å². The zero-order valence-electron chi connectivity index (χ0n) is 14.5. The van der Waals surface area contributed by atoms with Crippen LogP contribution in [0.15, 0.2) is 30.6 Å². The van der Waals surface area contributed by atoms with E-state index >= 15 is 0 Å². The number of hydrogen-bond acceptors (Lipinski definition) is 4. The Morgan fingerprint density at radius 3 is 2.96 bits per heavy atom. The number of benzene rings is 1. The number of hydrogen-bond donors (Lipinski definition) is 2. The minimum atomic E-state index is 0.0167. The van der Waals surface area contributed by atoms with Gasteiger partial charge in [0.25, 0.3) is 0 Å². The number of carbonyl (C=O) groups excluding carboxylic acids is 1. The highest BCUT2D eigenvalue weighted by Crippen LogP contribution is 2.21. The van der Waals surface area contributed by atoms with Gasteiger partial charge in [-0.1, -0.05) is 17.7 Å². The van der Waals surface area contributed by atoms with Crippen LogP contribution in [0.5, 0.6) is 0 Å². The summed E-state index contributed by atoms with van der Waals surface area (Å²) in [5.41, 5.74) is 3.17. The van der Waals surface area contributed by atoms with Crippen LogP contribution in [0.2, 0.25) is 0 Å². The van der Waals surface area contributed by atoms with E-state index in [9.17, 15) is 4.79 Å². The molecule has 1 aliphatic rings. The van der Waals surface area contributed by atoms with Gasteiger partial charge in [-0.15, -0.1) is 0 Å². The summed E-state index contributed by atoms with van der Waals surface area (Å²) in [5, 5.41) is 6.43. The topological polar surface area (TPSA) is 62.2 Å². The minimum absolute atomic E-state index is 0.0167. The van der Waals surface area contributed by atoms with E-state index in [0.29, 0.717) is 6.54 Å². The van der Waals surface area contributed by atoms with Crippen LogP contribution >= 0.6 is 0 Å². The van der Waals surface area contributed by atoms with Gasteiger partial charge in [0.1, 0.15) is 5.82 Å². The standard InChI is InChI=1S/C18H25N5O/c1-13-4-5-15(14(2)10-13)21-17(24)12-23-9-6-19-11-16(23)18-20-7-8-22(18)3/h4-5,7-8,10,16,19H,6,9,11-12H2,1-3H3,(H,21,24). The molecule has 0 bridgehead atoms. The molecule has 2 heterocycles. The van der Waals surface area contributed by atoms with Crippen molar-refractivity contribution in [2.75, 3.05) is 31.5 Å². The first-order valence-electron chi connectivity index (χ1n) is 8.33. The zero-order chi connectivity index (χ0) is 17.1. The second-order valence-electron chi connectivity index (χ2n) is 6.45. The van der Waals surface area contributed by atoms with Crippen molar-refractivity contribution >= 4 is 11.6 Å². The van der Waals surface area contributed by atoms with Gasteiger partial charge in [0.05, 0.1) is 12.6 Å². The van der Waals surface area contributed by atoms with Crippen molar-refractivity contribution in [2.24, 2.45) is 7.05 Å². The molecule has 2 N–H and O–H groups in total. The number of carbonyl (C=O) groups is 1. The van der Waals surface area contributed by atoms with Gasteiger partial charge in [0.2, 0.25) is 5.91 Å². The molecule has 6 heteroatoms. The van der Waals surface area contributed by atoms with Crippen molar-refractivity contribution in [1.29, 1.82) is 0 Å². The number of imidazole rings is 1. The highest BCUT2D eigenvalue weighted by molar-refractivity contribution is 5.93.